The first-order chi connectivity index (χ1) is 9.93. The number of hydrogen-bond donors (Lipinski definition) is 3. The topological polar surface area (TPSA) is 107 Å². The van der Waals surface area contributed by atoms with Gasteiger partial charge in [0.15, 0.2) is 0 Å². The molecule has 1 heterocycles. The van der Waals surface area contributed by atoms with E-state index in [2.05, 4.69) is 12.2 Å². The van der Waals surface area contributed by atoms with Crippen molar-refractivity contribution in [3.63, 3.8) is 0 Å². The van der Waals surface area contributed by atoms with Gasteiger partial charge in [-0.3, -0.25) is 4.79 Å². The Morgan fingerprint density at radius 3 is 2.62 bits per heavy atom. The van der Waals surface area contributed by atoms with Crippen molar-refractivity contribution < 1.29 is 24.6 Å². The summed E-state index contributed by atoms with van der Waals surface area (Å²) >= 11 is 0. The number of likely N-dealkylation sites (tertiary alicyclic amines) is 1. The van der Waals surface area contributed by atoms with Gasteiger partial charge in [0.2, 0.25) is 0 Å². The summed E-state index contributed by atoms with van der Waals surface area (Å²) in [5.41, 5.74) is 0. The van der Waals surface area contributed by atoms with E-state index in [1.165, 1.54) is 0 Å². The zero-order valence-corrected chi connectivity index (χ0v) is 12.4. The van der Waals surface area contributed by atoms with Crippen LogP contribution in [0.4, 0.5) is 4.79 Å². The van der Waals surface area contributed by atoms with Crippen LogP contribution in [-0.4, -0.2) is 52.2 Å². The van der Waals surface area contributed by atoms with Gasteiger partial charge < -0.3 is 20.4 Å². The molecule has 21 heavy (non-hydrogen) atoms. The highest BCUT2D eigenvalue weighted by Crippen LogP contribution is 2.19. The molecule has 0 aromatic carbocycles. The fraction of sp³-hybridized carbons (Fsp3) is 0.786. The Hall–Kier alpha value is -1.79. The number of urea groups is 1. The maximum Gasteiger partial charge on any atom is 0.326 e. The Morgan fingerprint density at radius 1 is 1.33 bits per heavy atom. The van der Waals surface area contributed by atoms with Crippen molar-refractivity contribution >= 4 is 18.0 Å². The van der Waals surface area contributed by atoms with E-state index in [0.717, 1.165) is 19.3 Å². The molecule has 3 N–H and O–H groups in total. The molecule has 0 aliphatic carbocycles. The van der Waals surface area contributed by atoms with Crippen LogP contribution in [0.3, 0.4) is 0 Å². The standard InChI is InChI=1S/C14H24N2O5/c1-2-10-5-4-8-16(9-10)14(21)15-11(13(19)20)6-3-7-12(17)18/h10-11H,2-9H2,1H3,(H,15,21)(H,17,18)(H,19,20)/t10?,11-/m1/s1. The monoisotopic (exact) mass is 300 g/mol. The average molecular weight is 300 g/mol. The number of rotatable bonds is 7. The molecule has 1 aliphatic rings. The minimum Gasteiger partial charge on any atom is -0.481 e. The van der Waals surface area contributed by atoms with E-state index in [4.69, 9.17) is 10.2 Å². The number of carbonyl (C=O) groups is 3. The smallest absolute Gasteiger partial charge is 0.326 e. The van der Waals surface area contributed by atoms with Crippen LogP contribution in [0.25, 0.3) is 0 Å². The largest absolute Gasteiger partial charge is 0.481 e. The molecule has 1 saturated heterocycles. The minimum absolute atomic E-state index is 0.0960. The molecule has 1 unspecified atom stereocenters. The average Bonchev–Trinajstić information content (AvgIpc) is 2.45. The fourth-order valence-electron chi connectivity index (χ4n) is 2.54. The Balaban J connectivity index is 2.47. The summed E-state index contributed by atoms with van der Waals surface area (Å²) < 4.78 is 0. The molecule has 120 valence electrons. The van der Waals surface area contributed by atoms with Crippen molar-refractivity contribution in [2.24, 2.45) is 5.92 Å². The molecule has 7 nitrogen and oxygen atoms in total. The summed E-state index contributed by atoms with van der Waals surface area (Å²) in [6.45, 7) is 3.38. The van der Waals surface area contributed by atoms with Gasteiger partial charge in [-0.1, -0.05) is 13.3 Å². The molecule has 0 radical (unpaired) electrons. The van der Waals surface area contributed by atoms with Crippen LogP contribution in [0.5, 0.6) is 0 Å². The van der Waals surface area contributed by atoms with Crippen molar-refractivity contribution in [3.8, 4) is 0 Å². The first kappa shape index (κ1) is 17.3. The van der Waals surface area contributed by atoms with E-state index in [1.54, 1.807) is 4.90 Å². The molecular weight excluding hydrogens is 276 g/mol. The summed E-state index contributed by atoms with van der Waals surface area (Å²) in [5, 5.41) is 20.2. The van der Waals surface area contributed by atoms with Crippen molar-refractivity contribution in [2.45, 2.75) is 51.5 Å². The molecule has 0 bridgehead atoms. The van der Waals surface area contributed by atoms with Crippen LogP contribution in [0, 0.1) is 5.92 Å². The van der Waals surface area contributed by atoms with Gasteiger partial charge in [-0.15, -0.1) is 0 Å². The maximum atomic E-state index is 12.1. The van der Waals surface area contributed by atoms with E-state index >= 15 is 0 Å². The second kappa shape index (κ2) is 8.49. The first-order valence-electron chi connectivity index (χ1n) is 7.44. The highest BCUT2D eigenvalue weighted by atomic mass is 16.4. The van der Waals surface area contributed by atoms with Gasteiger partial charge in [-0.25, -0.2) is 9.59 Å². The molecule has 1 fully saturated rings. The number of hydrogen-bond acceptors (Lipinski definition) is 3. The third kappa shape index (κ3) is 6.01. The van der Waals surface area contributed by atoms with Gasteiger partial charge in [-0.05, 0) is 31.6 Å². The van der Waals surface area contributed by atoms with Gasteiger partial charge >= 0.3 is 18.0 Å². The molecule has 1 rings (SSSR count). The predicted molar refractivity (Wildman–Crippen MR) is 76.0 cm³/mol. The Morgan fingerprint density at radius 2 is 2.05 bits per heavy atom. The van der Waals surface area contributed by atoms with Crippen LogP contribution >= 0.6 is 0 Å². The van der Waals surface area contributed by atoms with Crippen LogP contribution < -0.4 is 5.32 Å². The molecule has 2 amide bonds. The van der Waals surface area contributed by atoms with E-state index in [1.807, 2.05) is 0 Å². The van der Waals surface area contributed by atoms with E-state index in [0.29, 0.717) is 19.0 Å². The highest BCUT2D eigenvalue weighted by Gasteiger charge is 2.26. The van der Waals surface area contributed by atoms with E-state index in [-0.39, 0.29) is 25.3 Å². The lowest BCUT2D eigenvalue weighted by molar-refractivity contribution is -0.140. The third-order valence-corrected chi connectivity index (χ3v) is 3.86. The number of carbonyl (C=O) groups excluding carboxylic acids is 1. The van der Waals surface area contributed by atoms with Crippen molar-refractivity contribution in [1.82, 2.24) is 10.2 Å². The Kier molecular flexibility index (Phi) is 6.98. The number of nitrogens with one attached hydrogen (secondary N) is 1. The van der Waals surface area contributed by atoms with Gasteiger partial charge in [0, 0.05) is 19.5 Å². The maximum absolute atomic E-state index is 12.1. The fourth-order valence-corrected chi connectivity index (χ4v) is 2.54. The summed E-state index contributed by atoms with van der Waals surface area (Å²) in [5.74, 6) is -1.62. The lowest BCUT2D eigenvalue weighted by Gasteiger charge is -2.33. The van der Waals surface area contributed by atoms with Crippen molar-refractivity contribution in [2.75, 3.05) is 13.1 Å². The molecule has 7 heteroatoms. The van der Waals surface area contributed by atoms with E-state index < -0.39 is 18.0 Å². The first-order valence-corrected chi connectivity index (χ1v) is 7.44. The predicted octanol–water partition coefficient (Wildman–Crippen LogP) is 1.53. The number of carboxylic acid groups (broad SMARTS) is 2. The molecule has 0 aromatic heterocycles. The Bertz CT molecular complexity index is 386. The molecule has 0 saturated carbocycles. The van der Waals surface area contributed by atoms with Crippen LogP contribution in [-0.2, 0) is 9.59 Å². The van der Waals surface area contributed by atoms with Crippen LogP contribution in [0.2, 0.25) is 0 Å². The van der Waals surface area contributed by atoms with Crippen molar-refractivity contribution in [3.05, 3.63) is 0 Å². The summed E-state index contributed by atoms with van der Waals surface area (Å²) in [4.78, 5) is 35.3. The molecule has 0 spiro atoms. The van der Waals surface area contributed by atoms with Gasteiger partial charge in [-0.2, -0.15) is 0 Å². The van der Waals surface area contributed by atoms with Crippen molar-refractivity contribution in [1.29, 1.82) is 0 Å². The van der Waals surface area contributed by atoms with Crippen LogP contribution in [0.1, 0.15) is 45.4 Å². The summed E-state index contributed by atoms with van der Waals surface area (Å²) in [6.07, 6.45) is 3.29. The molecule has 2 atom stereocenters. The lowest BCUT2D eigenvalue weighted by atomic mass is 9.96. The third-order valence-electron chi connectivity index (χ3n) is 3.86. The highest BCUT2D eigenvalue weighted by molar-refractivity contribution is 5.82. The summed E-state index contributed by atoms with van der Waals surface area (Å²) in [7, 11) is 0. The van der Waals surface area contributed by atoms with Crippen LogP contribution in [0.15, 0.2) is 0 Å². The van der Waals surface area contributed by atoms with Gasteiger partial charge in [0.25, 0.3) is 0 Å². The molecule has 1 aliphatic heterocycles. The minimum atomic E-state index is -1.13. The second-order valence-corrected chi connectivity index (χ2v) is 5.49. The number of aliphatic carboxylic acids is 2. The number of piperidine rings is 1. The normalized spacial score (nSPS) is 19.9. The van der Waals surface area contributed by atoms with Gasteiger partial charge in [0.05, 0.1) is 0 Å². The quantitative estimate of drug-likeness (QED) is 0.661. The summed E-state index contributed by atoms with van der Waals surface area (Å²) in [6, 6.07) is -1.39. The number of amides is 2. The zero-order chi connectivity index (χ0) is 15.8. The zero-order valence-electron chi connectivity index (χ0n) is 12.4. The van der Waals surface area contributed by atoms with Gasteiger partial charge in [0.1, 0.15) is 6.04 Å². The second-order valence-electron chi connectivity index (χ2n) is 5.49. The van der Waals surface area contributed by atoms with E-state index in [9.17, 15) is 14.4 Å². The SMILES string of the molecule is CCC1CCCN(C(=O)N[C@H](CCCC(=O)O)C(=O)O)C1. The number of nitrogens with zero attached hydrogens (tertiary/aromatic N) is 1. The Labute approximate surface area is 124 Å². The number of carboxylic acids is 2. The molecule has 0 aromatic rings. The molecular formula is C14H24N2O5. The lowest BCUT2D eigenvalue weighted by Crippen LogP contribution is -2.50.